The van der Waals surface area contributed by atoms with Gasteiger partial charge in [-0.05, 0) is 30.7 Å². The topological polar surface area (TPSA) is 90.3 Å². The van der Waals surface area contributed by atoms with Crippen molar-refractivity contribution < 1.29 is 4.79 Å². The summed E-state index contributed by atoms with van der Waals surface area (Å²) in [6.45, 7) is 4.66. The van der Waals surface area contributed by atoms with E-state index in [1.807, 2.05) is 32.0 Å². The van der Waals surface area contributed by atoms with Crippen LogP contribution in [0.2, 0.25) is 5.02 Å². The quantitative estimate of drug-likeness (QED) is 0.725. The Balaban J connectivity index is 2.31. The fraction of sp³-hybridized carbons (Fsp3) is 0.421. The van der Waals surface area contributed by atoms with Gasteiger partial charge >= 0.3 is 5.69 Å². The molecule has 0 saturated heterocycles. The van der Waals surface area contributed by atoms with E-state index >= 15 is 0 Å². The first-order valence-electron chi connectivity index (χ1n) is 8.67. The molecule has 1 heterocycles. The van der Waals surface area contributed by atoms with Gasteiger partial charge in [0.05, 0.1) is 6.54 Å². The maximum Gasteiger partial charge on any atom is 0.332 e. The van der Waals surface area contributed by atoms with E-state index in [0.717, 1.165) is 10.1 Å². The zero-order valence-electron chi connectivity index (χ0n) is 16.0. The first-order chi connectivity index (χ1) is 12.6. The van der Waals surface area contributed by atoms with Crippen LogP contribution in [0.25, 0.3) is 0 Å². The Morgan fingerprint density at radius 1 is 1.30 bits per heavy atom. The highest BCUT2D eigenvalue weighted by molar-refractivity contribution is 6.30. The molecule has 1 aromatic heterocycles. The lowest BCUT2D eigenvalue weighted by Crippen LogP contribution is -2.44. The lowest BCUT2D eigenvalue weighted by Gasteiger charge is -2.19. The molecular weight excluding hydrogens is 368 g/mol. The zero-order valence-corrected chi connectivity index (χ0v) is 16.8. The third-order valence-corrected chi connectivity index (χ3v) is 4.40. The number of rotatable bonds is 7. The molecule has 0 spiro atoms. The Morgan fingerprint density at radius 3 is 2.56 bits per heavy atom. The van der Waals surface area contributed by atoms with Crippen molar-refractivity contribution in [2.75, 3.05) is 19.3 Å². The van der Waals surface area contributed by atoms with Gasteiger partial charge in [0.1, 0.15) is 11.4 Å². The molecular formula is C19H25ClN4O3. The van der Waals surface area contributed by atoms with Gasteiger partial charge in [0.25, 0.3) is 5.56 Å². The smallest absolute Gasteiger partial charge is 0.332 e. The number of carbonyl (C=O) groups is 1. The highest BCUT2D eigenvalue weighted by Gasteiger charge is 2.22. The number of hydrogen-bond acceptors (Lipinski definition) is 5. The van der Waals surface area contributed by atoms with Crippen molar-refractivity contribution in [3.8, 4) is 0 Å². The first kappa shape index (κ1) is 20.9. The molecule has 0 atom stereocenters. The number of ketones is 1. The third-order valence-electron chi connectivity index (χ3n) is 4.16. The maximum atomic E-state index is 12.8. The van der Waals surface area contributed by atoms with Gasteiger partial charge in [-0.1, -0.05) is 37.6 Å². The molecule has 2 aromatic rings. The first-order valence-corrected chi connectivity index (χ1v) is 9.05. The summed E-state index contributed by atoms with van der Waals surface area (Å²) in [5, 5.41) is 0.617. The summed E-state index contributed by atoms with van der Waals surface area (Å²) in [4.78, 5) is 39.4. The minimum atomic E-state index is -0.668. The number of carbonyl (C=O) groups excluding carboxylic acids is 1. The van der Waals surface area contributed by atoms with E-state index in [4.69, 9.17) is 17.3 Å². The monoisotopic (exact) mass is 392 g/mol. The Labute approximate surface area is 163 Å². The summed E-state index contributed by atoms with van der Waals surface area (Å²) in [5.41, 5.74) is 5.66. The fourth-order valence-electron chi connectivity index (χ4n) is 2.91. The van der Waals surface area contributed by atoms with E-state index in [9.17, 15) is 14.4 Å². The molecule has 0 bridgehead atoms. The number of nitrogen functional groups attached to an aromatic ring is 1. The van der Waals surface area contributed by atoms with E-state index in [0.29, 0.717) is 18.1 Å². The lowest BCUT2D eigenvalue weighted by atomic mass is 10.1. The van der Waals surface area contributed by atoms with Crippen LogP contribution in [0.15, 0.2) is 33.9 Å². The summed E-state index contributed by atoms with van der Waals surface area (Å²) in [6.07, 6.45) is 0. The Hall–Kier alpha value is -2.38. The predicted octanol–water partition coefficient (Wildman–Crippen LogP) is 1.75. The van der Waals surface area contributed by atoms with E-state index in [-0.39, 0.29) is 23.8 Å². The number of likely N-dealkylation sites (N-methyl/N-ethyl adjacent to an activating group) is 1. The summed E-state index contributed by atoms with van der Waals surface area (Å²) in [5.74, 6) is -0.357. The van der Waals surface area contributed by atoms with Gasteiger partial charge in [0, 0.05) is 25.2 Å². The van der Waals surface area contributed by atoms with Gasteiger partial charge in [-0.25, -0.2) is 4.79 Å². The second-order valence-electron chi connectivity index (χ2n) is 7.14. The molecule has 0 aliphatic carbocycles. The van der Waals surface area contributed by atoms with Gasteiger partial charge in [-0.15, -0.1) is 0 Å². The molecule has 8 heteroatoms. The minimum Gasteiger partial charge on any atom is -0.384 e. The fourth-order valence-corrected chi connectivity index (χ4v) is 3.13. The van der Waals surface area contributed by atoms with Crippen LogP contribution < -0.4 is 17.0 Å². The molecule has 0 radical (unpaired) electrons. The number of nitrogens with zero attached hydrogens (tertiary/aromatic N) is 3. The van der Waals surface area contributed by atoms with Crippen molar-refractivity contribution in [1.82, 2.24) is 14.0 Å². The van der Waals surface area contributed by atoms with Crippen molar-refractivity contribution in [3.63, 3.8) is 0 Å². The Kier molecular flexibility index (Phi) is 6.62. The van der Waals surface area contributed by atoms with Gasteiger partial charge < -0.3 is 5.73 Å². The molecule has 2 rings (SSSR count). The maximum absolute atomic E-state index is 12.8. The summed E-state index contributed by atoms with van der Waals surface area (Å²) >= 11 is 5.98. The number of Topliss-reactive ketones (excluding diaryl/α,β-unsaturated/α-hetero) is 1. The number of aromatic nitrogens is 2. The molecule has 27 heavy (non-hydrogen) atoms. The molecule has 0 amide bonds. The van der Waals surface area contributed by atoms with Crippen molar-refractivity contribution in [2.24, 2.45) is 13.0 Å². The number of halogens is 1. The van der Waals surface area contributed by atoms with Gasteiger partial charge in [0.15, 0.2) is 5.78 Å². The van der Waals surface area contributed by atoms with Gasteiger partial charge in [-0.3, -0.25) is 23.6 Å². The average Bonchev–Trinajstić information content (AvgIpc) is 2.56. The third kappa shape index (κ3) is 4.87. The molecule has 0 unspecified atom stereocenters. The minimum absolute atomic E-state index is 0.00810. The van der Waals surface area contributed by atoms with E-state index in [1.165, 1.54) is 11.6 Å². The van der Waals surface area contributed by atoms with Crippen molar-refractivity contribution in [2.45, 2.75) is 26.9 Å². The highest BCUT2D eigenvalue weighted by Crippen LogP contribution is 2.13. The summed E-state index contributed by atoms with van der Waals surface area (Å²) < 4.78 is 2.22. The highest BCUT2D eigenvalue weighted by atomic mass is 35.5. The number of anilines is 1. The van der Waals surface area contributed by atoms with E-state index in [2.05, 4.69) is 0 Å². The van der Waals surface area contributed by atoms with Crippen LogP contribution in [0.5, 0.6) is 0 Å². The van der Waals surface area contributed by atoms with E-state index < -0.39 is 17.0 Å². The molecule has 0 fully saturated rings. The summed E-state index contributed by atoms with van der Waals surface area (Å²) in [7, 11) is 3.12. The van der Waals surface area contributed by atoms with Crippen LogP contribution in [-0.4, -0.2) is 33.4 Å². The standard InChI is InChI=1S/C19H25ClN4O3/c1-12(2)9-24-17(21)16(18(26)23(4)19(24)27)15(25)11-22(3)10-13-6-5-7-14(20)8-13/h5-8,12H,9-11,21H2,1-4H3. The molecule has 0 aliphatic rings. The van der Waals surface area contributed by atoms with Crippen molar-refractivity contribution >= 4 is 23.2 Å². The SMILES string of the molecule is CC(C)Cn1c(N)c(C(=O)CN(C)Cc2cccc(Cl)c2)c(=O)n(C)c1=O. The van der Waals surface area contributed by atoms with Crippen molar-refractivity contribution in [3.05, 3.63) is 61.3 Å². The number of benzene rings is 1. The zero-order chi connectivity index (χ0) is 20.3. The van der Waals surface area contributed by atoms with E-state index in [1.54, 1.807) is 18.0 Å². The molecule has 7 nitrogen and oxygen atoms in total. The average molecular weight is 393 g/mol. The second-order valence-corrected chi connectivity index (χ2v) is 7.57. The summed E-state index contributed by atoms with van der Waals surface area (Å²) in [6, 6.07) is 7.34. The van der Waals surface area contributed by atoms with Crippen LogP contribution in [0.1, 0.15) is 29.8 Å². The Bertz CT molecular complexity index is 962. The van der Waals surface area contributed by atoms with Crippen LogP contribution in [0.4, 0.5) is 5.82 Å². The molecule has 146 valence electrons. The normalized spacial score (nSPS) is 11.4. The molecule has 0 aliphatic heterocycles. The molecule has 1 aromatic carbocycles. The molecule has 0 saturated carbocycles. The van der Waals surface area contributed by atoms with Crippen molar-refractivity contribution in [1.29, 1.82) is 0 Å². The number of hydrogen-bond donors (Lipinski definition) is 1. The molecule has 2 N–H and O–H groups in total. The Morgan fingerprint density at radius 2 is 1.96 bits per heavy atom. The van der Waals surface area contributed by atoms with Crippen LogP contribution >= 0.6 is 11.6 Å². The largest absolute Gasteiger partial charge is 0.384 e. The number of nitrogens with two attached hydrogens (primary N) is 1. The van der Waals surface area contributed by atoms with Crippen LogP contribution in [0.3, 0.4) is 0 Å². The van der Waals surface area contributed by atoms with Gasteiger partial charge in [0.2, 0.25) is 0 Å². The lowest BCUT2D eigenvalue weighted by molar-refractivity contribution is 0.0941. The second kappa shape index (κ2) is 8.54. The predicted molar refractivity (Wildman–Crippen MR) is 107 cm³/mol. The van der Waals surface area contributed by atoms with Crippen LogP contribution in [0, 0.1) is 5.92 Å². The van der Waals surface area contributed by atoms with Crippen LogP contribution in [-0.2, 0) is 20.1 Å². The van der Waals surface area contributed by atoms with Gasteiger partial charge in [-0.2, -0.15) is 0 Å².